The van der Waals surface area contributed by atoms with Crippen molar-refractivity contribution in [2.24, 2.45) is 0 Å². The summed E-state index contributed by atoms with van der Waals surface area (Å²) >= 11 is 9.30. The molecule has 31 heavy (non-hydrogen) atoms. The molecular formula is C24H21BrClN3O2. The summed E-state index contributed by atoms with van der Waals surface area (Å²) in [6, 6.07) is 22.6. The number of benzene rings is 3. The van der Waals surface area contributed by atoms with Gasteiger partial charge in [0.2, 0.25) is 0 Å². The van der Waals surface area contributed by atoms with E-state index in [-0.39, 0.29) is 5.91 Å². The topological polar surface area (TPSA) is 56.2 Å². The molecule has 5 nitrogen and oxygen atoms in total. The Labute approximate surface area is 194 Å². The van der Waals surface area contributed by atoms with Crippen molar-refractivity contribution in [3.05, 3.63) is 93.7 Å². The Morgan fingerprint density at radius 1 is 1.03 bits per heavy atom. The maximum Gasteiger partial charge on any atom is 0.251 e. The van der Waals surface area contributed by atoms with Crippen LogP contribution < -0.4 is 10.1 Å². The molecule has 0 atom stereocenters. The second kappa shape index (κ2) is 9.98. The van der Waals surface area contributed by atoms with Gasteiger partial charge in [0.25, 0.3) is 5.91 Å². The minimum Gasteiger partial charge on any atom is -0.494 e. The first-order valence-corrected chi connectivity index (χ1v) is 11.1. The maximum absolute atomic E-state index is 12.5. The van der Waals surface area contributed by atoms with Crippen molar-refractivity contribution in [3.63, 3.8) is 0 Å². The van der Waals surface area contributed by atoms with E-state index in [4.69, 9.17) is 21.3 Å². The molecule has 1 amide bonds. The van der Waals surface area contributed by atoms with Gasteiger partial charge in [0, 0.05) is 21.6 Å². The fourth-order valence-electron chi connectivity index (χ4n) is 3.32. The number of nitrogens with zero attached hydrogens (tertiary/aromatic N) is 2. The number of hydrogen-bond acceptors (Lipinski definition) is 3. The van der Waals surface area contributed by atoms with Crippen LogP contribution in [-0.4, -0.2) is 22.1 Å². The van der Waals surface area contributed by atoms with Crippen LogP contribution in [-0.2, 0) is 13.1 Å². The first kappa shape index (κ1) is 21.4. The van der Waals surface area contributed by atoms with Gasteiger partial charge < -0.3 is 14.6 Å². The van der Waals surface area contributed by atoms with E-state index in [0.29, 0.717) is 23.7 Å². The number of imidazole rings is 1. The molecule has 4 aromatic rings. The summed E-state index contributed by atoms with van der Waals surface area (Å²) in [6.45, 7) is 1.65. The van der Waals surface area contributed by atoms with Gasteiger partial charge in [-0.2, -0.15) is 0 Å². The predicted octanol–water partition coefficient (Wildman–Crippen LogP) is 5.85. The van der Waals surface area contributed by atoms with Crippen LogP contribution in [0.3, 0.4) is 0 Å². The number of nitrogens with one attached hydrogen (secondary N) is 1. The molecule has 0 aliphatic rings. The molecule has 3 aromatic carbocycles. The molecule has 0 unspecified atom stereocenters. The first-order valence-electron chi connectivity index (χ1n) is 9.96. The molecule has 158 valence electrons. The lowest BCUT2D eigenvalue weighted by Gasteiger charge is -2.11. The first-order chi connectivity index (χ1) is 15.1. The van der Waals surface area contributed by atoms with Gasteiger partial charge in [-0.1, -0.05) is 39.7 Å². The van der Waals surface area contributed by atoms with Crippen LogP contribution in [0.2, 0.25) is 5.02 Å². The van der Waals surface area contributed by atoms with Crippen molar-refractivity contribution >= 4 is 44.5 Å². The lowest BCUT2D eigenvalue weighted by atomic mass is 10.2. The molecule has 1 N–H and O–H groups in total. The minimum atomic E-state index is -0.128. The number of rotatable bonds is 8. The molecule has 7 heteroatoms. The Hall–Kier alpha value is -2.83. The third-order valence-electron chi connectivity index (χ3n) is 4.86. The Bertz CT molecular complexity index is 1170. The van der Waals surface area contributed by atoms with E-state index in [2.05, 4.69) is 25.8 Å². The van der Waals surface area contributed by atoms with E-state index in [9.17, 15) is 4.79 Å². The largest absolute Gasteiger partial charge is 0.494 e. The van der Waals surface area contributed by atoms with Gasteiger partial charge in [-0.05, 0) is 67.1 Å². The van der Waals surface area contributed by atoms with E-state index >= 15 is 0 Å². The van der Waals surface area contributed by atoms with Gasteiger partial charge in [-0.3, -0.25) is 4.79 Å². The normalized spacial score (nSPS) is 10.9. The highest BCUT2D eigenvalue weighted by atomic mass is 79.9. The fourth-order valence-corrected chi connectivity index (χ4v) is 3.71. The van der Waals surface area contributed by atoms with Gasteiger partial charge >= 0.3 is 0 Å². The molecule has 0 aliphatic heterocycles. The Morgan fingerprint density at radius 2 is 1.77 bits per heavy atom. The van der Waals surface area contributed by atoms with E-state index in [1.54, 1.807) is 12.1 Å². The molecule has 0 bridgehead atoms. The third-order valence-corrected chi connectivity index (χ3v) is 5.64. The van der Waals surface area contributed by atoms with Crippen LogP contribution in [0.15, 0.2) is 77.3 Å². The number of aromatic nitrogens is 2. The van der Waals surface area contributed by atoms with E-state index < -0.39 is 0 Å². The molecule has 0 fully saturated rings. The summed E-state index contributed by atoms with van der Waals surface area (Å²) < 4.78 is 8.89. The second-order valence-electron chi connectivity index (χ2n) is 7.01. The quantitative estimate of drug-likeness (QED) is 0.310. The van der Waals surface area contributed by atoms with Gasteiger partial charge in [0.15, 0.2) is 0 Å². The van der Waals surface area contributed by atoms with Crippen LogP contribution in [0.1, 0.15) is 22.6 Å². The molecular weight excluding hydrogens is 478 g/mol. The van der Waals surface area contributed by atoms with Crippen molar-refractivity contribution in [2.75, 3.05) is 6.61 Å². The lowest BCUT2D eigenvalue weighted by molar-refractivity contribution is 0.0949. The third kappa shape index (κ3) is 5.46. The number of halogens is 2. The minimum absolute atomic E-state index is 0.128. The van der Waals surface area contributed by atoms with E-state index in [0.717, 1.165) is 40.0 Å². The van der Waals surface area contributed by atoms with Gasteiger partial charge in [-0.15, -0.1) is 0 Å². The number of hydrogen-bond donors (Lipinski definition) is 1. The van der Waals surface area contributed by atoms with E-state index in [1.807, 2.05) is 60.7 Å². The number of aryl methyl sites for hydroxylation is 1. The monoisotopic (exact) mass is 497 g/mol. The van der Waals surface area contributed by atoms with Crippen molar-refractivity contribution in [1.29, 1.82) is 0 Å². The average molecular weight is 499 g/mol. The molecule has 0 radical (unpaired) electrons. The van der Waals surface area contributed by atoms with Crippen LogP contribution in [0.25, 0.3) is 11.0 Å². The number of carbonyl (C=O) groups excluding carboxylic acids is 1. The average Bonchev–Trinajstić information content (AvgIpc) is 3.14. The fraction of sp³-hybridized carbons (Fsp3) is 0.167. The predicted molar refractivity (Wildman–Crippen MR) is 127 cm³/mol. The zero-order valence-corrected chi connectivity index (χ0v) is 19.1. The highest BCUT2D eigenvalue weighted by Crippen LogP contribution is 2.18. The SMILES string of the molecule is O=C(NCc1nc2ccccc2n1CCCOc1ccc(Cl)cc1)c1ccc(Br)cc1. The second-order valence-corrected chi connectivity index (χ2v) is 8.37. The highest BCUT2D eigenvalue weighted by Gasteiger charge is 2.12. The summed E-state index contributed by atoms with van der Waals surface area (Å²) in [4.78, 5) is 17.2. The molecule has 0 aliphatic carbocycles. The Morgan fingerprint density at radius 3 is 2.55 bits per heavy atom. The highest BCUT2D eigenvalue weighted by molar-refractivity contribution is 9.10. The lowest BCUT2D eigenvalue weighted by Crippen LogP contribution is -2.25. The number of fused-ring (bicyclic) bond motifs is 1. The summed E-state index contributed by atoms with van der Waals surface area (Å²) in [7, 11) is 0. The van der Waals surface area contributed by atoms with Gasteiger partial charge in [0.1, 0.15) is 11.6 Å². The van der Waals surface area contributed by atoms with E-state index in [1.165, 1.54) is 0 Å². The molecule has 0 spiro atoms. The van der Waals surface area contributed by atoms with Gasteiger partial charge in [0.05, 0.1) is 24.2 Å². The summed E-state index contributed by atoms with van der Waals surface area (Å²) in [5.41, 5.74) is 2.57. The Kier molecular flexibility index (Phi) is 6.89. The summed E-state index contributed by atoms with van der Waals surface area (Å²) in [5.74, 6) is 1.48. The van der Waals surface area contributed by atoms with Crippen molar-refractivity contribution in [1.82, 2.24) is 14.9 Å². The standard InChI is InChI=1S/C24H21BrClN3O2/c25-18-8-6-17(7-9-18)24(30)27-16-23-28-21-4-1-2-5-22(21)29(23)14-3-15-31-20-12-10-19(26)11-13-20/h1-2,4-13H,3,14-16H2,(H,27,30). The molecule has 0 saturated heterocycles. The number of carbonyl (C=O) groups is 1. The van der Waals surface area contributed by atoms with Crippen molar-refractivity contribution < 1.29 is 9.53 Å². The summed E-state index contributed by atoms with van der Waals surface area (Å²) in [6.07, 6.45) is 0.802. The molecule has 1 heterocycles. The number of para-hydroxylation sites is 2. The van der Waals surface area contributed by atoms with Crippen LogP contribution in [0, 0.1) is 0 Å². The van der Waals surface area contributed by atoms with Crippen LogP contribution >= 0.6 is 27.5 Å². The molecule has 4 rings (SSSR count). The van der Waals surface area contributed by atoms with Crippen molar-refractivity contribution in [2.45, 2.75) is 19.5 Å². The molecule has 1 aromatic heterocycles. The van der Waals surface area contributed by atoms with Crippen molar-refractivity contribution in [3.8, 4) is 5.75 Å². The molecule has 0 saturated carbocycles. The number of amides is 1. The zero-order chi connectivity index (χ0) is 21.6. The summed E-state index contributed by atoms with van der Waals surface area (Å²) in [5, 5.41) is 3.66. The number of ether oxygens (including phenoxy) is 1. The Balaban J connectivity index is 1.42. The van der Waals surface area contributed by atoms with Crippen LogP contribution in [0.4, 0.5) is 0 Å². The maximum atomic E-state index is 12.5. The van der Waals surface area contributed by atoms with Crippen LogP contribution in [0.5, 0.6) is 5.75 Å². The zero-order valence-electron chi connectivity index (χ0n) is 16.7. The van der Waals surface area contributed by atoms with Gasteiger partial charge in [-0.25, -0.2) is 4.98 Å². The smallest absolute Gasteiger partial charge is 0.251 e.